The Labute approximate surface area is 117 Å². The number of halogens is 1. The topological polar surface area (TPSA) is 20.2 Å². The van der Waals surface area contributed by atoms with E-state index in [2.05, 4.69) is 25.1 Å². The van der Waals surface area contributed by atoms with Crippen LogP contribution >= 0.6 is 22.9 Å². The van der Waals surface area contributed by atoms with E-state index in [0.29, 0.717) is 0 Å². The van der Waals surface area contributed by atoms with Crippen molar-refractivity contribution in [2.45, 2.75) is 25.2 Å². The van der Waals surface area contributed by atoms with E-state index >= 15 is 0 Å². The number of aliphatic hydroxyl groups excluding tert-OH is 1. The first-order valence-electron chi connectivity index (χ1n) is 6.11. The summed E-state index contributed by atoms with van der Waals surface area (Å²) in [5.74, 6) is 0. The monoisotopic (exact) mass is 280 g/mol. The summed E-state index contributed by atoms with van der Waals surface area (Å²) in [6.07, 6.45) is 1.74. The lowest BCUT2D eigenvalue weighted by molar-refractivity contribution is 0.187. The maximum atomic E-state index is 9.87. The van der Waals surface area contributed by atoms with Gasteiger partial charge in [0.15, 0.2) is 0 Å². The normalized spacial score (nSPS) is 14.4. The lowest BCUT2D eigenvalue weighted by Crippen LogP contribution is -2.32. The Morgan fingerprint density at radius 3 is 2.39 bits per heavy atom. The molecule has 0 saturated carbocycles. The lowest BCUT2D eigenvalue weighted by atomic mass is 9.76. The second kappa shape index (κ2) is 5.87. The number of aliphatic hydroxyl groups is 1. The van der Waals surface area contributed by atoms with Crippen LogP contribution in [0.25, 0.3) is 0 Å². The minimum absolute atomic E-state index is 0.156. The first-order chi connectivity index (χ1) is 8.70. The molecule has 1 aromatic heterocycles. The molecule has 1 N–H and O–H groups in total. The van der Waals surface area contributed by atoms with Crippen molar-refractivity contribution in [3.05, 3.63) is 57.2 Å². The van der Waals surface area contributed by atoms with E-state index in [0.717, 1.165) is 17.2 Å². The Hall–Kier alpha value is -0.830. The van der Waals surface area contributed by atoms with Gasteiger partial charge in [0, 0.05) is 10.3 Å². The lowest BCUT2D eigenvalue weighted by Gasteiger charge is -2.31. The third kappa shape index (κ3) is 2.77. The molecule has 0 bridgehead atoms. The van der Waals surface area contributed by atoms with Crippen molar-refractivity contribution in [1.29, 1.82) is 0 Å². The van der Waals surface area contributed by atoms with Crippen LogP contribution < -0.4 is 0 Å². The van der Waals surface area contributed by atoms with Gasteiger partial charge in [-0.15, -0.1) is 11.3 Å². The summed E-state index contributed by atoms with van der Waals surface area (Å²) in [7, 11) is 0. The van der Waals surface area contributed by atoms with E-state index < -0.39 is 0 Å². The second-order valence-electron chi connectivity index (χ2n) is 4.54. The van der Waals surface area contributed by atoms with Gasteiger partial charge in [0.1, 0.15) is 0 Å². The van der Waals surface area contributed by atoms with Crippen LogP contribution in [0.15, 0.2) is 42.5 Å². The van der Waals surface area contributed by atoms with Gasteiger partial charge in [0.25, 0.3) is 0 Å². The molecule has 3 heteroatoms. The van der Waals surface area contributed by atoms with Crippen LogP contribution in [0.1, 0.15) is 23.8 Å². The Balaban J connectivity index is 2.32. The molecule has 2 aromatic rings. The predicted molar refractivity (Wildman–Crippen MR) is 78.5 cm³/mol. The van der Waals surface area contributed by atoms with Crippen molar-refractivity contribution in [2.75, 3.05) is 6.61 Å². The van der Waals surface area contributed by atoms with Gasteiger partial charge in [-0.1, -0.05) is 48.9 Å². The molecule has 0 aliphatic rings. The molecule has 1 atom stereocenters. The Morgan fingerprint density at radius 1 is 1.17 bits per heavy atom. The van der Waals surface area contributed by atoms with Gasteiger partial charge in [-0.25, -0.2) is 0 Å². The van der Waals surface area contributed by atoms with Crippen molar-refractivity contribution in [3.63, 3.8) is 0 Å². The van der Waals surface area contributed by atoms with Gasteiger partial charge < -0.3 is 5.11 Å². The van der Waals surface area contributed by atoms with E-state index in [1.54, 1.807) is 11.3 Å². The Kier molecular flexibility index (Phi) is 4.44. The van der Waals surface area contributed by atoms with Crippen molar-refractivity contribution in [1.82, 2.24) is 0 Å². The highest BCUT2D eigenvalue weighted by atomic mass is 35.5. The summed E-state index contributed by atoms with van der Waals surface area (Å²) in [5, 5.41) is 9.87. The molecular formula is C15H17ClOS. The molecule has 2 rings (SSSR count). The number of rotatable bonds is 5. The first kappa shape index (κ1) is 13.6. The average molecular weight is 281 g/mol. The highest BCUT2D eigenvalue weighted by molar-refractivity contribution is 7.16. The van der Waals surface area contributed by atoms with E-state index in [1.165, 1.54) is 10.4 Å². The van der Waals surface area contributed by atoms with Gasteiger partial charge >= 0.3 is 0 Å². The van der Waals surface area contributed by atoms with Crippen LogP contribution in [0.3, 0.4) is 0 Å². The molecule has 0 amide bonds. The molecule has 0 spiro atoms. The van der Waals surface area contributed by atoms with Gasteiger partial charge in [-0.05, 0) is 30.5 Å². The Morgan fingerprint density at radius 2 is 1.89 bits per heavy atom. The van der Waals surface area contributed by atoms with Crippen LogP contribution in [0, 0.1) is 0 Å². The molecule has 0 saturated heterocycles. The largest absolute Gasteiger partial charge is 0.395 e. The summed E-state index contributed by atoms with van der Waals surface area (Å²) < 4.78 is 0.806. The minimum Gasteiger partial charge on any atom is -0.395 e. The van der Waals surface area contributed by atoms with Crippen LogP contribution in [-0.4, -0.2) is 11.7 Å². The molecule has 18 heavy (non-hydrogen) atoms. The molecule has 1 nitrogen and oxygen atoms in total. The maximum Gasteiger partial charge on any atom is 0.0931 e. The van der Waals surface area contributed by atoms with E-state index in [-0.39, 0.29) is 12.0 Å². The number of hydrogen-bond acceptors (Lipinski definition) is 2. The molecule has 0 aliphatic heterocycles. The molecule has 0 radical (unpaired) electrons. The summed E-state index contributed by atoms with van der Waals surface area (Å²) >= 11 is 7.57. The smallest absolute Gasteiger partial charge is 0.0931 e. The van der Waals surface area contributed by atoms with E-state index in [9.17, 15) is 5.11 Å². The summed E-state index contributed by atoms with van der Waals surface area (Å²) in [5.41, 5.74) is 0.995. The summed E-state index contributed by atoms with van der Waals surface area (Å²) in [6.45, 7) is 2.28. The van der Waals surface area contributed by atoms with Crippen molar-refractivity contribution in [2.24, 2.45) is 0 Å². The second-order valence-corrected chi connectivity index (χ2v) is 6.34. The zero-order chi connectivity index (χ0) is 13.0. The van der Waals surface area contributed by atoms with Crippen molar-refractivity contribution >= 4 is 22.9 Å². The van der Waals surface area contributed by atoms with Crippen molar-refractivity contribution in [3.8, 4) is 0 Å². The third-order valence-electron chi connectivity index (χ3n) is 3.51. The molecule has 0 aliphatic carbocycles. The highest BCUT2D eigenvalue weighted by Gasteiger charge is 2.30. The molecule has 1 aromatic carbocycles. The van der Waals surface area contributed by atoms with Gasteiger partial charge in [-0.2, -0.15) is 0 Å². The maximum absolute atomic E-state index is 9.87. The standard InChI is InChI=1S/C15H17ClOS/c1-2-15(11-17,12-6-4-3-5-7-12)10-13-8-9-14(16)18-13/h3-9,17H,2,10-11H2,1H3. The van der Waals surface area contributed by atoms with Crippen LogP contribution in [0.4, 0.5) is 0 Å². The molecule has 96 valence electrons. The van der Waals surface area contributed by atoms with Gasteiger partial charge in [0.2, 0.25) is 0 Å². The molecule has 1 unspecified atom stereocenters. The number of hydrogen-bond donors (Lipinski definition) is 1. The van der Waals surface area contributed by atoms with E-state index in [4.69, 9.17) is 11.6 Å². The fraction of sp³-hybridized carbons (Fsp3) is 0.333. The number of thiophene rings is 1. The van der Waals surface area contributed by atoms with Crippen molar-refractivity contribution < 1.29 is 5.11 Å². The summed E-state index contributed by atoms with van der Waals surface area (Å²) in [4.78, 5) is 1.22. The molecule has 1 heterocycles. The van der Waals surface area contributed by atoms with Crippen LogP contribution in [0.5, 0.6) is 0 Å². The highest BCUT2D eigenvalue weighted by Crippen LogP contribution is 2.34. The SMILES string of the molecule is CCC(CO)(Cc1ccc(Cl)s1)c1ccccc1. The average Bonchev–Trinajstić information content (AvgIpc) is 2.82. The zero-order valence-corrected chi connectivity index (χ0v) is 12.0. The van der Waals surface area contributed by atoms with E-state index in [1.807, 2.05) is 24.3 Å². The van der Waals surface area contributed by atoms with Gasteiger partial charge in [-0.3, -0.25) is 0 Å². The van der Waals surface area contributed by atoms with Crippen LogP contribution in [-0.2, 0) is 11.8 Å². The fourth-order valence-electron chi connectivity index (χ4n) is 2.26. The van der Waals surface area contributed by atoms with Crippen LogP contribution in [0.2, 0.25) is 4.34 Å². The Bertz CT molecular complexity index is 488. The predicted octanol–water partition coefficient (Wildman–Crippen LogP) is 4.28. The quantitative estimate of drug-likeness (QED) is 0.866. The van der Waals surface area contributed by atoms with Gasteiger partial charge in [0.05, 0.1) is 10.9 Å². The fourth-order valence-corrected chi connectivity index (χ4v) is 3.49. The molecular weight excluding hydrogens is 264 g/mol. The molecule has 0 fully saturated rings. The third-order valence-corrected chi connectivity index (χ3v) is 4.74. The number of benzene rings is 1. The summed E-state index contributed by atoms with van der Waals surface area (Å²) in [6, 6.07) is 14.2. The minimum atomic E-state index is -0.199. The zero-order valence-electron chi connectivity index (χ0n) is 10.4. The first-order valence-corrected chi connectivity index (χ1v) is 7.30.